The van der Waals surface area contributed by atoms with E-state index in [1.807, 2.05) is 12.1 Å². The topological polar surface area (TPSA) is 124 Å². The standard InChI is InChI=1S/C28H40N4O4/c1-7-18-9-16-11-21(36-22(16)12-29-18)23-15(3)19(8-2)26(30-14-28(4,5)6)32-27(23)31-20-10-17(13-33)24(34)25(20)35/h9,11-12,17,20,24-25,33-35H,7-8,10,13-14H2,1-6H3,(H2,30,31,32). The smallest absolute Gasteiger partial charge is 0.153 e. The Hall–Kier alpha value is -2.68. The molecule has 4 atom stereocenters. The Morgan fingerprint density at radius 2 is 1.83 bits per heavy atom. The SMILES string of the molecule is CCc1cc2cc(-c3c(NC4CC(CO)C(O)C4O)nc(NCC(C)(C)C)c(CC)c3C)oc2cn1. The molecular formula is C28H40N4O4. The molecule has 0 radical (unpaired) electrons. The lowest BCUT2D eigenvalue weighted by atomic mass is 9.96. The van der Waals surface area contributed by atoms with Crippen LogP contribution in [0, 0.1) is 18.3 Å². The van der Waals surface area contributed by atoms with Crippen molar-refractivity contribution in [1.82, 2.24) is 9.97 Å². The number of nitrogens with zero attached hydrogens (tertiary/aromatic N) is 2. The molecule has 0 spiro atoms. The number of rotatable bonds is 8. The van der Waals surface area contributed by atoms with Crippen LogP contribution < -0.4 is 10.6 Å². The quantitative estimate of drug-likeness (QED) is 0.313. The Kier molecular flexibility index (Phi) is 7.59. The number of anilines is 2. The Morgan fingerprint density at radius 1 is 1.08 bits per heavy atom. The molecule has 1 fully saturated rings. The van der Waals surface area contributed by atoms with Gasteiger partial charge >= 0.3 is 0 Å². The van der Waals surface area contributed by atoms with Crippen molar-refractivity contribution >= 4 is 22.6 Å². The fourth-order valence-corrected chi connectivity index (χ4v) is 5.01. The van der Waals surface area contributed by atoms with Crippen LogP contribution in [0.1, 0.15) is 57.9 Å². The summed E-state index contributed by atoms with van der Waals surface area (Å²) in [5.41, 5.74) is 4.75. The molecule has 4 unspecified atom stereocenters. The normalized spacial score (nSPS) is 22.4. The molecule has 0 saturated heterocycles. The van der Waals surface area contributed by atoms with Crippen molar-refractivity contribution < 1.29 is 19.7 Å². The fourth-order valence-electron chi connectivity index (χ4n) is 5.01. The molecule has 196 valence electrons. The molecule has 0 bridgehead atoms. The van der Waals surface area contributed by atoms with Gasteiger partial charge in [0.05, 0.1) is 23.9 Å². The highest BCUT2D eigenvalue weighted by molar-refractivity contribution is 5.87. The maximum Gasteiger partial charge on any atom is 0.153 e. The van der Waals surface area contributed by atoms with Crippen molar-refractivity contribution in [1.29, 1.82) is 0 Å². The second-order valence-electron chi connectivity index (χ2n) is 11.1. The number of aliphatic hydroxyl groups is 3. The molecule has 8 heteroatoms. The van der Waals surface area contributed by atoms with Gasteiger partial charge in [0.2, 0.25) is 0 Å². The van der Waals surface area contributed by atoms with E-state index >= 15 is 0 Å². The first-order chi connectivity index (χ1) is 17.1. The van der Waals surface area contributed by atoms with Crippen LogP contribution in [-0.4, -0.2) is 56.7 Å². The molecule has 36 heavy (non-hydrogen) atoms. The summed E-state index contributed by atoms with van der Waals surface area (Å²) in [4.78, 5) is 9.48. The monoisotopic (exact) mass is 496 g/mol. The van der Waals surface area contributed by atoms with Crippen molar-refractivity contribution in [2.24, 2.45) is 11.3 Å². The molecule has 3 heterocycles. The highest BCUT2D eigenvalue weighted by atomic mass is 16.3. The second kappa shape index (κ2) is 10.4. The van der Waals surface area contributed by atoms with Crippen LogP contribution in [0.2, 0.25) is 0 Å². The summed E-state index contributed by atoms with van der Waals surface area (Å²) in [6, 6.07) is 3.61. The van der Waals surface area contributed by atoms with E-state index in [4.69, 9.17) is 9.40 Å². The van der Waals surface area contributed by atoms with Gasteiger partial charge in [0.15, 0.2) is 5.58 Å². The predicted octanol–water partition coefficient (Wildman–Crippen LogP) is 4.30. The number of aromatic nitrogens is 2. The van der Waals surface area contributed by atoms with Crippen LogP contribution in [0.3, 0.4) is 0 Å². The Labute approximate surface area is 213 Å². The number of aryl methyl sites for hydroxylation is 1. The molecule has 0 aliphatic heterocycles. The van der Waals surface area contributed by atoms with Gasteiger partial charge in [0, 0.05) is 30.1 Å². The minimum absolute atomic E-state index is 0.0652. The van der Waals surface area contributed by atoms with Gasteiger partial charge in [-0.15, -0.1) is 0 Å². The average molecular weight is 497 g/mol. The lowest BCUT2D eigenvalue weighted by molar-refractivity contribution is 0.00446. The maximum absolute atomic E-state index is 10.7. The summed E-state index contributed by atoms with van der Waals surface area (Å²) < 4.78 is 6.27. The second-order valence-corrected chi connectivity index (χ2v) is 11.1. The minimum Gasteiger partial charge on any atom is -0.454 e. The molecule has 1 aliphatic rings. The molecule has 0 aromatic carbocycles. The molecule has 5 N–H and O–H groups in total. The van der Waals surface area contributed by atoms with E-state index < -0.39 is 18.2 Å². The number of nitrogens with one attached hydrogen (secondary N) is 2. The van der Waals surface area contributed by atoms with E-state index in [1.54, 1.807) is 6.20 Å². The third-order valence-electron chi connectivity index (χ3n) is 7.14. The first-order valence-corrected chi connectivity index (χ1v) is 13.0. The molecule has 3 aromatic heterocycles. The summed E-state index contributed by atoms with van der Waals surface area (Å²) in [5.74, 6) is 1.67. The van der Waals surface area contributed by atoms with E-state index in [-0.39, 0.29) is 17.9 Å². The Morgan fingerprint density at radius 3 is 2.44 bits per heavy atom. The number of hydrogen-bond donors (Lipinski definition) is 5. The van der Waals surface area contributed by atoms with Crippen LogP contribution in [0.5, 0.6) is 0 Å². The number of furan rings is 1. The summed E-state index contributed by atoms with van der Waals surface area (Å²) in [7, 11) is 0. The zero-order chi connectivity index (χ0) is 26.2. The van der Waals surface area contributed by atoms with Crippen molar-refractivity contribution in [2.45, 2.75) is 79.1 Å². The van der Waals surface area contributed by atoms with Crippen LogP contribution in [0.4, 0.5) is 11.6 Å². The summed E-state index contributed by atoms with van der Waals surface area (Å²) in [6.45, 7) is 13.3. The van der Waals surface area contributed by atoms with E-state index in [1.165, 1.54) is 0 Å². The van der Waals surface area contributed by atoms with E-state index in [0.29, 0.717) is 23.6 Å². The van der Waals surface area contributed by atoms with Gasteiger partial charge in [0.25, 0.3) is 0 Å². The van der Waals surface area contributed by atoms with Crippen molar-refractivity contribution in [2.75, 3.05) is 23.8 Å². The van der Waals surface area contributed by atoms with Gasteiger partial charge < -0.3 is 30.4 Å². The van der Waals surface area contributed by atoms with E-state index in [2.05, 4.69) is 57.2 Å². The van der Waals surface area contributed by atoms with Gasteiger partial charge in [-0.3, -0.25) is 4.98 Å². The Bertz CT molecular complexity index is 1220. The number of pyridine rings is 2. The van der Waals surface area contributed by atoms with Gasteiger partial charge in [-0.2, -0.15) is 0 Å². The summed E-state index contributed by atoms with van der Waals surface area (Å²) in [6.07, 6.45) is 1.82. The van der Waals surface area contributed by atoms with Crippen molar-refractivity contribution in [3.05, 3.63) is 35.2 Å². The van der Waals surface area contributed by atoms with Crippen LogP contribution >= 0.6 is 0 Å². The highest BCUT2D eigenvalue weighted by Gasteiger charge is 2.41. The third-order valence-corrected chi connectivity index (χ3v) is 7.14. The van der Waals surface area contributed by atoms with Gasteiger partial charge in [0.1, 0.15) is 23.5 Å². The van der Waals surface area contributed by atoms with Gasteiger partial charge in [-0.05, 0) is 54.9 Å². The summed E-state index contributed by atoms with van der Waals surface area (Å²) >= 11 is 0. The van der Waals surface area contributed by atoms with Crippen LogP contribution in [-0.2, 0) is 12.8 Å². The number of fused-ring (bicyclic) bond motifs is 1. The molecule has 1 saturated carbocycles. The minimum atomic E-state index is -1.01. The van der Waals surface area contributed by atoms with E-state index in [9.17, 15) is 15.3 Å². The molecular weight excluding hydrogens is 456 g/mol. The van der Waals surface area contributed by atoms with Crippen LogP contribution in [0.15, 0.2) is 22.7 Å². The van der Waals surface area contributed by atoms with Gasteiger partial charge in [-0.1, -0.05) is 34.6 Å². The predicted molar refractivity (Wildman–Crippen MR) is 143 cm³/mol. The van der Waals surface area contributed by atoms with Crippen molar-refractivity contribution in [3.8, 4) is 11.3 Å². The fraction of sp³-hybridized carbons (Fsp3) is 0.571. The molecule has 0 amide bonds. The third kappa shape index (κ3) is 5.21. The highest BCUT2D eigenvalue weighted by Crippen LogP contribution is 2.40. The summed E-state index contributed by atoms with van der Waals surface area (Å²) in [5, 5.41) is 38.7. The maximum atomic E-state index is 10.7. The van der Waals surface area contributed by atoms with Gasteiger partial charge in [-0.25, -0.2) is 4.98 Å². The number of hydrogen-bond acceptors (Lipinski definition) is 8. The average Bonchev–Trinajstić information content (AvgIpc) is 3.37. The zero-order valence-corrected chi connectivity index (χ0v) is 22.2. The largest absolute Gasteiger partial charge is 0.454 e. The van der Waals surface area contributed by atoms with Crippen molar-refractivity contribution in [3.63, 3.8) is 0 Å². The molecule has 8 nitrogen and oxygen atoms in total. The first kappa shape index (κ1) is 26.4. The Balaban J connectivity index is 1.84. The van der Waals surface area contributed by atoms with E-state index in [0.717, 1.165) is 53.0 Å². The van der Waals surface area contributed by atoms with Crippen LogP contribution in [0.25, 0.3) is 22.3 Å². The first-order valence-electron chi connectivity index (χ1n) is 13.0. The lowest BCUT2D eigenvalue weighted by Crippen LogP contribution is -2.36. The number of aliphatic hydroxyl groups excluding tert-OH is 3. The lowest BCUT2D eigenvalue weighted by Gasteiger charge is -2.25. The molecule has 3 aromatic rings. The zero-order valence-electron chi connectivity index (χ0n) is 22.2. The molecule has 1 aliphatic carbocycles. The molecule has 4 rings (SSSR count).